The maximum atomic E-state index is 13.5. The molecule has 426 valence electrons. The van der Waals surface area contributed by atoms with E-state index in [1.807, 2.05) is 6.08 Å². The third-order valence-corrected chi connectivity index (χ3v) is 10.6. The molecule has 78 heavy (non-hydrogen) atoms. The second-order valence-corrected chi connectivity index (χ2v) is 23.7. The maximum absolute atomic E-state index is 13.5. The molecule has 1 aliphatic rings. The molecule has 4 rings (SSSR count). The number of guanidine groups is 2. The Morgan fingerprint density at radius 2 is 1.10 bits per heavy atom. The summed E-state index contributed by atoms with van der Waals surface area (Å²) in [6.45, 7) is 27.4. The third-order valence-electron chi connectivity index (χ3n) is 9.80. The first kappa shape index (κ1) is 62.6. The first-order valence-corrected chi connectivity index (χ1v) is 25.8. The molecule has 1 aromatic carbocycles. The second-order valence-electron chi connectivity index (χ2n) is 22.9. The predicted octanol–water partition coefficient (Wildman–Crippen LogP) is 9.51. The van der Waals surface area contributed by atoms with Gasteiger partial charge in [0.25, 0.3) is 5.91 Å². The number of ether oxygens (including phenoxy) is 6. The molecule has 5 N–H and O–H groups in total. The minimum absolute atomic E-state index is 0.0405. The molecular weight excluding hydrogens is 1030 g/mol. The van der Waals surface area contributed by atoms with E-state index in [1.165, 1.54) is 17.1 Å². The number of aromatic nitrogens is 3. The number of nitrogens with zero attached hydrogens (tertiary/aromatic N) is 7. The van der Waals surface area contributed by atoms with Gasteiger partial charge in [-0.05, 0) is 159 Å². The fraction of sp³-hybridized carbons (Fsp3) is 0.538. The highest BCUT2D eigenvalue weighted by Crippen LogP contribution is 2.28. The minimum atomic E-state index is -1.15. The van der Waals surface area contributed by atoms with Crippen LogP contribution < -0.4 is 26.6 Å². The normalized spacial score (nSPS) is 13.7. The summed E-state index contributed by atoms with van der Waals surface area (Å²) in [5.74, 6) is -0.986. The number of carbonyl (C=O) groups excluding carboxylic acids is 7. The third kappa shape index (κ3) is 23.6. The largest absolute Gasteiger partial charge is 0.444 e. The van der Waals surface area contributed by atoms with Crippen molar-refractivity contribution in [3.05, 3.63) is 70.4 Å². The predicted molar refractivity (Wildman–Crippen MR) is 292 cm³/mol. The van der Waals surface area contributed by atoms with E-state index < -0.39 is 76.1 Å². The highest BCUT2D eigenvalue weighted by Gasteiger charge is 2.32. The Labute approximate surface area is 458 Å². The van der Waals surface area contributed by atoms with Crippen LogP contribution in [0.15, 0.2) is 69.2 Å². The summed E-state index contributed by atoms with van der Waals surface area (Å²) in [7, 11) is 0. The van der Waals surface area contributed by atoms with Gasteiger partial charge in [0.1, 0.15) is 33.6 Å². The lowest BCUT2D eigenvalue weighted by atomic mass is 9.94. The first-order chi connectivity index (χ1) is 35.9. The molecule has 0 saturated heterocycles. The average Bonchev–Trinajstić information content (AvgIpc) is 3.99. The standard InChI is InChI=1S/C52H74N12O13S/c1-47(2,3)72-41(66)57-38(58-42(67)73-48(4,5)6)53-30-32-18-20-34(21-19-32)55-36(65)37-56-35(31-78-37)33-22-28-63(29-23-33)39(59-43(68)74-49(7,8)9)60-45(70)76-51(13,14)24-25-52(15,16)77-46(71)62-40(64-27-17-26-54-64)61-44(69)75-50(10,11)12/h17-22,26-27,31H,23-25,28-30H2,1-16H3,(H,55,65)(H,59,60,68,70)(H,61,62,69,71)(H2,53,57,58,66,67). The van der Waals surface area contributed by atoms with Crippen LogP contribution in [-0.4, -0.2) is 127 Å². The Kier molecular flexibility index (Phi) is 20.8. The average molecular weight is 1110 g/mol. The fourth-order valence-corrected chi connectivity index (χ4v) is 7.21. The number of nitrogens with one attached hydrogen (secondary N) is 5. The van der Waals surface area contributed by atoms with Crippen LogP contribution in [0.5, 0.6) is 0 Å². The smallest absolute Gasteiger partial charge is 0.437 e. The van der Waals surface area contributed by atoms with E-state index in [1.54, 1.807) is 151 Å². The quantitative estimate of drug-likeness (QED) is 0.0717. The molecule has 1 aliphatic heterocycles. The Morgan fingerprint density at radius 1 is 0.628 bits per heavy atom. The summed E-state index contributed by atoms with van der Waals surface area (Å²) in [6, 6.07) is 8.36. The Hall–Kier alpha value is -7.90. The summed E-state index contributed by atoms with van der Waals surface area (Å²) >= 11 is 1.15. The van der Waals surface area contributed by atoms with Crippen LogP contribution in [0.2, 0.25) is 0 Å². The summed E-state index contributed by atoms with van der Waals surface area (Å²) in [6.07, 6.45) is 0.149. The van der Waals surface area contributed by atoms with Crippen molar-refractivity contribution in [2.45, 2.75) is 170 Å². The van der Waals surface area contributed by atoms with Crippen LogP contribution in [0.1, 0.15) is 151 Å². The van der Waals surface area contributed by atoms with E-state index in [9.17, 15) is 33.6 Å². The number of thiazole rings is 1. The van der Waals surface area contributed by atoms with Crippen LogP contribution in [0.25, 0.3) is 5.57 Å². The molecule has 0 atom stereocenters. The summed E-state index contributed by atoms with van der Waals surface area (Å²) in [5.41, 5.74) is -3.01. The van der Waals surface area contributed by atoms with E-state index in [-0.39, 0.29) is 55.4 Å². The minimum Gasteiger partial charge on any atom is -0.444 e. The lowest BCUT2D eigenvalue weighted by molar-refractivity contribution is -0.00272. The fourth-order valence-electron chi connectivity index (χ4n) is 6.47. The maximum Gasteiger partial charge on any atom is 0.437 e. The van der Waals surface area contributed by atoms with Gasteiger partial charge >= 0.3 is 36.6 Å². The number of carbonyl (C=O) groups is 7. The van der Waals surface area contributed by atoms with Crippen molar-refractivity contribution in [3.63, 3.8) is 0 Å². The van der Waals surface area contributed by atoms with Crippen LogP contribution in [0, 0.1) is 0 Å². The Bertz CT molecular complexity index is 2720. The molecule has 0 fully saturated rings. The molecule has 26 heteroatoms. The monoisotopic (exact) mass is 1110 g/mol. The zero-order valence-corrected chi connectivity index (χ0v) is 48.1. The van der Waals surface area contributed by atoms with Gasteiger partial charge in [0.15, 0.2) is 5.01 Å². The van der Waals surface area contributed by atoms with Gasteiger partial charge in [-0.3, -0.25) is 26.1 Å². The number of aliphatic imine (C=N–C) groups is 3. The van der Waals surface area contributed by atoms with Crippen LogP contribution >= 0.6 is 11.3 Å². The number of alkyl carbamates (subject to hydrolysis) is 4. The van der Waals surface area contributed by atoms with Crippen LogP contribution in [0.4, 0.5) is 34.5 Å². The Morgan fingerprint density at radius 3 is 1.55 bits per heavy atom. The zero-order chi connectivity index (χ0) is 58.4. The number of rotatable bonds is 10. The molecule has 0 unspecified atom stereocenters. The highest BCUT2D eigenvalue weighted by atomic mass is 32.1. The van der Waals surface area contributed by atoms with Crippen LogP contribution in [0.3, 0.4) is 0 Å². The van der Waals surface area contributed by atoms with Crippen LogP contribution in [-0.2, 0) is 35.0 Å². The molecule has 25 nitrogen and oxygen atoms in total. The molecule has 0 saturated carbocycles. The van der Waals surface area contributed by atoms with Crippen molar-refractivity contribution >= 4 is 82.9 Å². The molecule has 0 aliphatic carbocycles. The van der Waals surface area contributed by atoms with Crippen molar-refractivity contribution in [1.82, 2.24) is 40.9 Å². The molecule has 3 heterocycles. The van der Waals surface area contributed by atoms with E-state index in [2.05, 4.69) is 51.6 Å². The molecule has 0 bridgehead atoms. The van der Waals surface area contributed by atoms with Gasteiger partial charge in [0, 0.05) is 36.6 Å². The zero-order valence-electron chi connectivity index (χ0n) is 47.3. The van der Waals surface area contributed by atoms with Gasteiger partial charge < -0.3 is 38.6 Å². The van der Waals surface area contributed by atoms with Crippen molar-refractivity contribution in [1.29, 1.82) is 0 Å². The number of benzene rings is 1. The topological polar surface area (TPSA) is 306 Å². The molecule has 0 spiro atoms. The van der Waals surface area contributed by atoms with Gasteiger partial charge in [-0.2, -0.15) is 5.10 Å². The highest BCUT2D eigenvalue weighted by molar-refractivity contribution is 7.12. The van der Waals surface area contributed by atoms with Gasteiger partial charge in [-0.1, -0.05) is 18.2 Å². The van der Waals surface area contributed by atoms with Crippen molar-refractivity contribution in [2.75, 3.05) is 18.4 Å². The number of hydrogen-bond donors (Lipinski definition) is 5. The number of hydrogen-bond acceptors (Lipinski definition) is 17. The molecule has 0 radical (unpaired) electrons. The van der Waals surface area contributed by atoms with Gasteiger partial charge in [-0.25, -0.2) is 43.4 Å². The Balaban J connectivity index is 1.39. The SMILES string of the molecule is CC(C)(C)OC(=O)NC(=NCc1ccc(NC(=O)c2nc(C3=CCN(C(=NC(=O)OC(C)(C)CCC(C)(C)OC(=O)N=C(NC(=O)OC(C)(C)C)n4cccn4)NC(=O)OC(C)(C)C)CC3)cs2)cc1)NC(=O)OC(C)(C)C. The van der Waals surface area contributed by atoms with E-state index >= 15 is 0 Å². The first-order valence-electron chi connectivity index (χ1n) is 24.9. The summed E-state index contributed by atoms with van der Waals surface area (Å²) in [5, 5.41) is 18.7. The lowest BCUT2D eigenvalue weighted by Crippen LogP contribution is -2.48. The van der Waals surface area contributed by atoms with Gasteiger partial charge in [0.2, 0.25) is 17.9 Å². The number of amides is 7. The second kappa shape index (κ2) is 26.0. The summed E-state index contributed by atoms with van der Waals surface area (Å²) < 4.78 is 34.0. The van der Waals surface area contributed by atoms with E-state index in [4.69, 9.17) is 28.4 Å². The van der Waals surface area contributed by atoms with Crippen molar-refractivity contribution in [2.24, 2.45) is 15.0 Å². The van der Waals surface area contributed by atoms with E-state index in [0.717, 1.165) is 16.9 Å². The molecule has 2 aromatic heterocycles. The van der Waals surface area contributed by atoms with Gasteiger partial charge in [0.05, 0.1) is 12.2 Å². The van der Waals surface area contributed by atoms with Gasteiger partial charge in [-0.15, -0.1) is 21.3 Å². The van der Waals surface area contributed by atoms with Crippen molar-refractivity contribution < 1.29 is 62.0 Å². The molecular formula is C52H74N12O13S. The van der Waals surface area contributed by atoms with Crippen molar-refractivity contribution in [3.8, 4) is 0 Å². The molecule has 7 amide bonds. The van der Waals surface area contributed by atoms with E-state index in [0.29, 0.717) is 23.4 Å². The molecule has 3 aromatic rings. The number of anilines is 1. The lowest BCUT2D eigenvalue weighted by Gasteiger charge is -2.31. The summed E-state index contributed by atoms with van der Waals surface area (Å²) in [4.78, 5) is 109.